The first-order valence-electron chi connectivity index (χ1n) is 11.0. The summed E-state index contributed by atoms with van der Waals surface area (Å²) in [7, 11) is 1.58. The van der Waals surface area contributed by atoms with Crippen molar-refractivity contribution >= 4 is 35.1 Å². The predicted molar refractivity (Wildman–Crippen MR) is 141 cm³/mol. The van der Waals surface area contributed by atoms with Crippen LogP contribution in [0.3, 0.4) is 0 Å². The van der Waals surface area contributed by atoms with Crippen molar-refractivity contribution in [3.8, 4) is 11.4 Å². The summed E-state index contributed by atoms with van der Waals surface area (Å²) in [6.07, 6.45) is 0. The van der Waals surface area contributed by atoms with E-state index in [1.165, 1.54) is 5.56 Å². The van der Waals surface area contributed by atoms with E-state index in [0.29, 0.717) is 22.3 Å². The Morgan fingerprint density at radius 1 is 1.09 bits per heavy atom. The number of anilines is 1. The smallest absolute Gasteiger partial charge is 0.319 e. The number of thioether (sulfide) groups is 1. The molecule has 4 rings (SSSR count). The van der Waals surface area contributed by atoms with Crippen molar-refractivity contribution in [2.75, 3.05) is 12.4 Å². The zero-order valence-corrected chi connectivity index (χ0v) is 21.2. The van der Waals surface area contributed by atoms with Crippen LogP contribution in [0.2, 0.25) is 5.02 Å². The molecule has 9 heteroatoms. The molecule has 1 heterocycles. The van der Waals surface area contributed by atoms with E-state index in [-0.39, 0.29) is 6.03 Å². The second-order valence-corrected chi connectivity index (χ2v) is 9.31. The Labute approximate surface area is 213 Å². The second kappa shape index (κ2) is 11.3. The van der Waals surface area contributed by atoms with Crippen LogP contribution in [0.1, 0.15) is 29.9 Å². The minimum absolute atomic E-state index is 0.360. The number of ether oxygens (including phenoxy) is 1. The third kappa shape index (κ3) is 6.15. The van der Waals surface area contributed by atoms with Crippen molar-refractivity contribution in [3.63, 3.8) is 0 Å². The average molecular weight is 508 g/mol. The van der Waals surface area contributed by atoms with Crippen molar-refractivity contribution in [2.24, 2.45) is 0 Å². The van der Waals surface area contributed by atoms with E-state index in [9.17, 15) is 4.79 Å². The Morgan fingerprint density at radius 2 is 1.89 bits per heavy atom. The van der Waals surface area contributed by atoms with Crippen molar-refractivity contribution in [1.82, 2.24) is 20.1 Å². The minimum atomic E-state index is -0.433. The van der Waals surface area contributed by atoms with Crippen molar-refractivity contribution in [1.29, 1.82) is 0 Å². The molecule has 0 aliphatic carbocycles. The van der Waals surface area contributed by atoms with Gasteiger partial charge in [-0.05, 0) is 49.2 Å². The third-order valence-electron chi connectivity index (χ3n) is 5.34. The van der Waals surface area contributed by atoms with Crippen LogP contribution in [-0.4, -0.2) is 27.9 Å². The first kappa shape index (κ1) is 24.6. The van der Waals surface area contributed by atoms with E-state index in [0.717, 1.165) is 22.2 Å². The summed E-state index contributed by atoms with van der Waals surface area (Å²) in [5.74, 6) is 2.00. The molecular weight excluding hydrogens is 482 g/mol. The lowest BCUT2D eigenvalue weighted by Gasteiger charge is -2.18. The van der Waals surface area contributed by atoms with Gasteiger partial charge in [-0.1, -0.05) is 65.8 Å². The largest absolute Gasteiger partial charge is 0.497 e. The van der Waals surface area contributed by atoms with E-state index < -0.39 is 6.04 Å². The fourth-order valence-corrected chi connectivity index (χ4v) is 4.63. The molecule has 0 spiro atoms. The van der Waals surface area contributed by atoms with Gasteiger partial charge in [-0.15, -0.1) is 10.2 Å². The first-order chi connectivity index (χ1) is 16.9. The number of halogens is 1. The van der Waals surface area contributed by atoms with Gasteiger partial charge in [0.05, 0.1) is 18.8 Å². The highest BCUT2D eigenvalue weighted by Gasteiger charge is 2.22. The number of aromatic nitrogens is 3. The maximum Gasteiger partial charge on any atom is 0.319 e. The monoisotopic (exact) mass is 507 g/mol. The normalized spacial score (nSPS) is 11.7. The van der Waals surface area contributed by atoms with Crippen molar-refractivity contribution < 1.29 is 9.53 Å². The van der Waals surface area contributed by atoms with Gasteiger partial charge in [-0.25, -0.2) is 4.79 Å². The predicted octanol–water partition coefficient (Wildman–Crippen LogP) is 6.41. The SMILES string of the molecule is COc1cccc(NC(=O)NC(C)c2nnc(SCc3ccccc3)n2-c2cc(Cl)ccc2C)c1. The second-order valence-electron chi connectivity index (χ2n) is 7.93. The molecule has 3 aromatic carbocycles. The molecule has 4 aromatic rings. The number of amides is 2. The lowest BCUT2D eigenvalue weighted by atomic mass is 10.2. The lowest BCUT2D eigenvalue weighted by Crippen LogP contribution is -2.32. The highest BCUT2D eigenvalue weighted by atomic mass is 35.5. The van der Waals surface area contributed by atoms with Crippen molar-refractivity contribution in [3.05, 3.63) is 94.8 Å². The molecule has 0 radical (unpaired) electrons. The van der Waals surface area contributed by atoms with Crippen LogP contribution in [0.25, 0.3) is 5.69 Å². The molecule has 0 fully saturated rings. The van der Waals surface area contributed by atoms with E-state index in [1.54, 1.807) is 31.0 Å². The standard InChI is InChI=1S/C26H26ClN5O2S/c1-17-12-13-20(27)14-23(17)32-24(30-31-26(32)35-16-19-8-5-4-6-9-19)18(2)28-25(33)29-21-10-7-11-22(15-21)34-3/h4-15,18H,16H2,1-3H3,(H2,28,29,33). The summed E-state index contributed by atoms with van der Waals surface area (Å²) in [6.45, 7) is 3.88. The van der Waals surface area contributed by atoms with Gasteiger partial charge in [0, 0.05) is 22.5 Å². The Hall–Kier alpha value is -3.49. The summed E-state index contributed by atoms with van der Waals surface area (Å²) >= 11 is 7.92. The molecule has 2 amide bonds. The van der Waals surface area contributed by atoms with E-state index in [2.05, 4.69) is 33.0 Å². The summed E-state index contributed by atoms with van der Waals surface area (Å²) in [4.78, 5) is 12.7. The number of benzene rings is 3. The number of carbonyl (C=O) groups is 1. The molecule has 0 saturated carbocycles. The zero-order chi connectivity index (χ0) is 24.8. The molecule has 1 atom stereocenters. The summed E-state index contributed by atoms with van der Waals surface area (Å²) in [6, 6.07) is 22.3. The van der Waals surface area contributed by atoms with Gasteiger partial charge >= 0.3 is 6.03 Å². The topological polar surface area (TPSA) is 81.1 Å². The number of rotatable bonds is 8. The minimum Gasteiger partial charge on any atom is -0.497 e. The number of nitrogens with one attached hydrogen (secondary N) is 2. The van der Waals surface area contributed by atoms with Gasteiger partial charge in [0.1, 0.15) is 5.75 Å². The van der Waals surface area contributed by atoms with Gasteiger partial charge in [-0.3, -0.25) is 4.57 Å². The average Bonchev–Trinajstić information content (AvgIpc) is 3.29. The number of hydrogen-bond acceptors (Lipinski definition) is 5. The van der Waals surface area contributed by atoms with Gasteiger partial charge in [0.15, 0.2) is 11.0 Å². The Morgan fingerprint density at radius 3 is 2.66 bits per heavy atom. The highest BCUT2D eigenvalue weighted by molar-refractivity contribution is 7.98. The zero-order valence-electron chi connectivity index (χ0n) is 19.7. The van der Waals surface area contributed by atoms with Crippen LogP contribution in [0.4, 0.5) is 10.5 Å². The fourth-order valence-electron chi connectivity index (χ4n) is 3.56. The maximum absolute atomic E-state index is 12.7. The molecule has 35 heavy (non-hydrogen) atoms. The lowest BCUT2D eigenvalue weighted by molar-refractivity contribution is 0.249. The molecule has 0 saturated heterocycles. The Bertz CT molecular complexity index is 1310. The molecule has 0 aliphatic heterocycles. The fraction of sp³-hybridized carbons (Fsp3) is 0.192. The Kier molecular flexibility index (Phi) is 7.94. The van der Waals surface area contributed by atoms with Crippen LogP contribution >= 0.6 is 23.4 Å². The summed E-state index contributed by atoms with van der Waals surface area (Å²) < 4.78 is 7.19. The van der Waals surface area contributed by atoms with Crippen LogP contribution in [-0.2, 0) is 5.75 Å². The number of methoxy groups -OCH3 is 1. The van der Waals surface area contributed by atoms with Crippen LogP contribution in [0, 0.1) is 6.92 Å². The third-order valence-corrected chi connectivity index (χ3v) is 6.58. The number of nitrogens with zero attached hydrogens (tertiary/aromatic N) is 3. The number of urea groups is 1. The maximum atomic E-state index is 12.7. The molecule has 0 aliphatic rings. The molecule has 0 bridgehead atoms. The van der Waals surface area contributed by atoms with Gasteiger partial charge in [-0.2, -0.15) is 0 Å². The first-order valence-corrected chi connectivity index (χ1v) is 12.4. The molecule has 7 nitrogen and oxygen atoms in total. The Balaban J connectivity index is 1.59. The number of hydrogen-bond donors (Lipinski definition) is 2. The van der Waals surface area contributed by atoms with Crippen LogP contribution in [0.15, 0.2) is 78.0 Å². The van der Waals surface area contributed by atoms with Crippen LogP contribution in [0.5, 0.6) is 5.75 Å². The summed E-state index contributed by atoms with van der Waals surface area (Å²) in [5, 5.41) is 16.0. The van der Waals surface area contributed by atoms with E-state index in [1.807, 2.05) is 66.9 Å². The van der Waals surface area contributed by atoms with E-state index in [4.69, 9.17) is 16.3 Å². The quantitative estimate of drug-likeness (QED) is 0.269. The molecule has 2 N–H and O–H groups in total. The van der Waals surface area contributed by atoms with E-state index >= 15 is 0 Å². The molecule has 1 unspecified atom stereocenters. The number of aryl methyl sites for hydroxylation is 1. The van der Waals surface area contributed by atoms with Crippen LogP contribution < -0.4 is 15.4 Å². The van der Waals surface area contributed by atoms with Gasteiger partial charge in [0.25, 0.3) is 0 Å². The molecule has 1 aromatic heterocycles. The van der Waals surface area contributed by atoms with Crippen molar-refractivity contribution in [2.45, 2.75) is 30.8 Å². The van der Waals surface area contributed by atoms with Gasteiger partial charge < -0.3 is 15.4 Å². The molecular formula is C26H26ClN5O2S. The highest BCUT2D eigenvalue weighted by Crippen LogP contribution is 2.30. The summed E-state index contributed by atoms with van der Waals surface area (Å²) in [5.41, 5.74) is 3.69. The molecule has 180 valence electrons. The van der Waals surface area contributed by atoms with Gasteiger partial charge in [0.2, 0.25) is 0 Å². The number of carbonyl (C=O) groups excluding carboxylic acids is 1.